The Labute approximate surface area is 149 Å². The molecule has 0 rings (SSSR count). The van der Waals surface area contributed by atoms with E-state index in [2.05, 4.69) is 9.47 Å². The molecule has 0 aromatic heterocycles. The first kappa shape index (κ1) is 22.9. The van der Waals surface area contributed by atoms with E-state index >= 15 is 0 Å². The van der Waals surface area contributed by atoms with Crippen LogP contribution in [-0.2, 0) is 28.7 Å². The molecule has 0 amide bonds. The summed E-state index contributed by atoms with van der Waals surface area (Å²) in [6.45, 7) is 0. The number of carbonyl (C=O) groups is 4. The van der Waals surface area contributed by atoms with Crippen LogP contribution in [0.2, 0.25) is 0 Å². The van der Waals surface area contributed by atoms with Crippen LogP contribution in [0.3, 0.4) is 0 Å². The molecule has 0 aromatic rings. The largest absolute Gasteiger partial charge is 0.392 e. The predicted molar refractivity (Wildman–Crippen MR) is 93.4 cm³/mol. The van der Waals surface area contributed by atoms with Gasteiger partial charge in [-0.3, -0.25) is 9.59 Å². The summed E-state index contributed by atoms with van der Waals surface area (Å²) in [5.74, 6) is -2.13. The third kappa shape index (κ3) is 10.6. The van der Waals surface area contributed by atoms with Crippen molar-refractivity contribution in [1.29, 1.82) is 0 Å². The molecule has 0 heterocycles. The Hall–Kier alpha value is -1.10. The van der Waals surface area contributed by atoms with Gasteiger partial charge in [0, 0.05) is 0 Å². The normalized spacial score (nSPS) is 13.0. The van der Waals surface area contributed by atoms with Crippen molar-refractivity contribution in [2.75, 3.05) is 24.0 Å². The van der Waals surface area contributed by atoms with E-state index in [4.69, 9.17) is 11.5 Å². The van der Waals surface area contributed by atoms with Gasteiger partial charge in [-0.1, -0.05) is 0 Å². The van der Waals surface area contributed by atoms with Crippen LogP contribution >= 0.6 is 23.5 Å². The molecule has 8 nitrogen and oxygen atoms in total. The molecule has 0 saturated heterocycles. The van der Waals surface area contributed by atoms with Gasteiger partial charge in [-0.25, -0.2) is 9.59 Å². The lowest BCUT2D eigenvalue weighted by atomic mass is 10.2. The first-order chi connectivity index (χ1) is 11.3. The third-order valence-corrected chi connectivity index (χ3v) is 4.12. The molecule has 0 aromatic carbocycles. The van der Waals surface area contributed by atoms with Crippen LogP contribution in [0, 0.1) is 0 Å². The van der Waals surface area contributed by atoms with E-state index in [9.17, 15) is 19.2 Å². The highest BCUT2D eigenvalue weighted by atomic mass is 32.2. The molecular formula is C14H24N2O6S2. The van der Waals surface area contributed by atoms with Gasteiger partial charge in [-0.15, -0.1) is 0 Å². The number of ether oxygens (including phenoxy) is 2. The van der Waals surface area contributed by atoms with Gasteiger partial charge in [0.1, 0.15) is 12.1 Å². The monoisotopic (exact) mass is 380 g/mol. The lowest BCUT2D eigenvalue weighted by molar-refractivity contribution is -0.166. The molecule has 0 aliphatic rings. The summed E-state index contributed by atoms with van der Waals surface area (Å²) in [4.78, 5) is 46.0. The minimum Gasteiger partial charge on any atom is -0.392 e. The number of hydrogen-bond donors (Lipinski definition) is 2. The second-order valence-electron chi connectivity index (χ2n) is 4.86. The number of hydrogen-bond acceptors (Lipinski definition) is 10. The number of rotatable bonds is 11. The Balaban J connectivity index is 4.06. The van der Waals surface area contributed by atoms with Crippen molar-refractivity contribution in [3.8, 4) is 0 Å². The Morgan fingerprint density at radius 3 is 1.42 bits per heavy atom. The quantitative estimate of drug-likeness (QED) is 0.374. The fourth-order valence-corrected chi connectivity index (χ4v) is 2.39. The van der Waals surface area contributed by atoms with Crippen LogP contribution in [0.25, 0.3) is 0 Å². The van der Waals surface area contributed by atoms with Crippen molar-refractivity contribution in [2.24, 2.45) is 11.5 Å². The topological polar surface area (TPSA) is 139 Å². The average Bonchev–Trinajstić information content (AvgIpc) is 2.55. The van der Waals surface area contributed by atoms with Crippen molar-refractivity contribution in [3.05, 3.63) is 0 Å². The SMILES string of the molecule is CSCC[C@H](N)C(=O)OC(=O)CCC(=O)OC(=O)[C@@H](N)CCSC. The lowest BCUT2D eigenvalue weighted by Crippen LogP contribution is -2.35. The van der Waals surface area contributed by atoms with Crippen molar-refractivity contribution >= 4 is 47.4 Å². The molecule has 24 heavy (non-hydrogen) atoms. The first-order valence-corrected chi connectivity index (χ1v) is 10.1. The average molecular weight is 380 g/mol. The molecule has 10 heteroatoms. The zero-order valence-corrected chi connectivity index (χ0v) is 15.5. The van der Waals surface area contributed by atoms with Crippen LogP contribution in [0.4, 0.5) is 0 Å². The number of thioether (sulfide) groups is 2. The predicted octanol–water partition coefficient (Wildman–Crippen LogP) is 0.0670. The minimum atomic E-state index is -0.893. The van der Waals surface area contributed by atoms with Crippen LogP contribution in [0.15, 0.2) is 0 Å². The van der Waals surface area contributed by atoms with Crippen LogP contribution in [0.5, 0.6) is 0 Å². The zero-order valence-electron chi connectivity index (χ0n) is 13.8. The summed E-state index contributed by atoms with van der Waals surface area (Å²) in [7, 11) is 0. The fraction of sp³-hybridized carbons (Fsp3) is 0.714. The van der Waals surface area contributed by atoms with E-state index in [1.807, 2.05) is 12.5 Å². The maximum absolute atomic E-state index is 11.5. The van der Waals surface area contributed by atoms with Gasteiger partial charge >= 0.3 is 23.9 Å². The van der Waals surface area contributed by atoms with Crippen LogP contribution < -0.4 is 11.5 Å². The van der Waals surface area contributed by atoms with Crippen molar-refractivity contribution in [2.45, 2.75) is 37.8 Å². The molecule has 0 aliphatic carbocycles. The van der Waals surface area contributed by atoms with E-state index < -0.39 is 36.0 Å². The lowest BCUT2D eigenvalue weighted by Gasteiger charge is -2.10. The molecule has 0 unspecified atom stereocenters. The first-order valence-electron chi connectivity index (χ1n) is 7.29. The van der Waals surface area contributed by atoms with Gasteiger partial charge in [-0.2, -0.15) is 23.5 Å². The van der Waals surface area contributed by atoms with E-state index in [-0.39, 0.29) is 12.8 Å². The molecule has 0 bridgehead atoms. The summed E-state index contributed by atoms with van der Waals surface area (Å²) in [5.41, 5.74) is 11.1. The van der Waals surface area contributed by atoms with E-state index in [1.165, 1.54) is 23.5 Å². The van der Waals surface area contributed by atoms with E-state index in [0.717, 1.165) is 0 Å². The standard InChI is InChI=1S/C14H24N2O6S2/c1-23-7-5-9(15)13(19)21-11(17)3-4-12(18)22-14(20)10(16)6-8-24-2/h9-10H,3-8,15-16H2,1-2H3/t9-,10-/m0/s1. The summed E-state index contributed by atoms with van der Waals surface area (Å²) in [5, 5.41) is 0. The van der Waals surface area contributed by atoms with Gasteiger partial charge in [0.2, 0.25) is 0 Å². The highest BCUT2D eigenvalue weighted by molar-refractivity contribution is 7.98. The highest BCUT2D eigenvalue weighted by Crippen LogP contribution is 2.04. The Morgan fingerprint density at radius 2 is 1.12 bits per heavy atom. The molecule has 0 radical (unpaired) electrons. The smallest absolute Gasteiger partial charge is 0.330 e. The Bertz CT molecular complexity index is 407. The number of carbonyl (C=O) groups excluding carboxylic acids is 4. The Kier molecular flexibility index (Phi) is 12.6. The van der Waals surface area contributed by atoms with Crippen molar-refractivity contribution in [3.63, 3.8) is 0 Å². The van der Waals surface area contributed by atoms with E-state index in [0.29, 0.717) is 24.3 Å². The molecule has 0 fully saturated rings. The van der Waals surface area contributed by atoms with Gasteiger partial charge in [0.15, 0.2) is 0 Å². The third-order valence-electron chi connectivity index (χ3n) is 2.83. The molecule has 4 N–H and O–H groups in total. The van der Waals surface area contributed by atoms with Crippen molar-refractivity contribution in [1.82, 2.24) is 0 Å². The van der Waals surface area contributed by atoms with Crippen LogP contribution in [-0.4, -0.2) is 60.0 Å². The van der Waals surface area contributed by atoms with Gasteiger partial charge in [0.25, 0.3) is 0 Å². The highest BCUT2D eigenvalue weighted by Gasteiger charge is 2.21. The number of nitrogens with two attached hydrogens (primary N) is 2. The van der Waals surface area contributed by atoms with E-state index in [1.54, 1.807) is 0 Å². The fourth-order valence-electron chi connectivity index (χ4n) is 1.41. The second kappa shape index (κ2) is 13.2. The zero-order chi connectivity index (χ0) is 18.5. The number of esters is 4. The van der Waals surface area contributed by atoms with Crippen molar-refractivity contribution < 1.29 is 28.7 Å². The van der Waals surface area contributed by atoms with Gasteiger partial charge < -0.3 is 20.9 Å². The second-order valence-corrected chi connectivity index (χ2v) is 6.83. The minimum absolute atomic E-state index is 0.382. The molecule has 2 atom stereocenters. The summed E-state index contributed by atoms with van der Waals surface area (Å²) in [6, 6.07) is -1.77. The maximum Gasteiger partial charge on any atom is 0.330 e. The molecular weight excluding hydrogens is 356 g/mol. The molecule has 0 aliphatic heterocycles. The van der Waals surface area contributed by atoms with Gasteiger partial charge in [-0.05, 0) is 36.9 Å². The van der Waals surface area contributed by atoms with Crippen LogP contribution in [0.1, 0.15) is 25.7 Å². The van der Waals surface area contributed by atoms with Gasteiger partial charge in [0.05, 0.1) is 12.8 Å². The molecule has 138 valence electrons. The summed E-state index contributed by atoms with van der Waals surface area (Å²) >= 11 is 3.03. The molecule has 0 spiro atoms. The molecule has 0 saturated carbocycles. The summed E-state index contributed by atoms with van der Waals surface area (Å²) in [6.07, 6.45) is 3.74. The Morgan fingerprint density at radius 1 is 0.792 bits per heavy atom. The maximum atomic E-state index is 11.5. The summed E-state index contributed by atoms with van der Waals surface area (Å²) < 4.78 is 9.07.